The SMILES string of the molecule is O=C(O)C(=O)C1Sc2cc3c(cc2C1O)CCC3. The van der Waals surface area contributed by atoms with Crippen LogP contribution in [0.2, 0.25) is 0 Å². The standard InChI is InChI=1S/C13H12O4S/c14-10-8-4-6-2-1-3-7(6)5-9(8)18-12(10)11(15)13(16)17/h4-5,10,12,14H,1-3H2,(H,16,17). The van der Waals surface area contributed by atoms with E-state index in [1.165, 1.54) is 22.9 Å². The van der Waals surface area contributed by atoms with E-state index in [0.29, 0.717) is 5.56 Å². The first-order valence-electron chi connectivity index (χ1n) is 5.85. The highest BCUT2D eigenvalue weighted by Gasteiger charge is 2.40. The number of hydrogen-bond acceptors (Lipinski definition) is 4. The van der Waals surface area contributed by atoms with E-state index in [1.54, 1.807) is 0 Å². The highest BCUT2D eigenvalue weighted by molar-refractivity contribution is 8.01. The second-order valence-corrected chi connectivity index (χ2v) is 5.85. The molecule has 0 amide bonds. The summed E-state index contributed by atoms with van der Waals surface area (Å²) in [6.45, 7) is 0. The van der Waals surface area contributed by atoms with Crippen LogP contribution in [0.1, 0.15) is 29.2 Å². The third kappa shape index (κ3) is 1.66. The van der Waals surface area contributed by atoms with Gasteiger partial charge in [0, 0.05) is 4.90 Å². The molecule has 0 saturated heterocycles. The number of hydrogen-bond donors (Lipinski definition) is 2. The molecule has 0 spiro atoms. The highest BCUT2D eigenvalue weighted by atomic mass is 32.2. The lowest BCUT2D eigenvalue weighted by molar-refractivity contribution is -0.149. The summed E-state index contributed by atoms with van der Waals surface area (Å²) >= 11 is 1.17. The zero-order chi connectivity index (χ0) is 12.9. The van der Waals surface area contributed by atoms with E-state index < -0.39 is 23.1 Å². The third-order valence-electron chi connectivity index (χ3n) is 3.55. The molecule has 1 aromatic carbocycles. The van der Waals surface area contributed by atoms with Crippen molar-refractivity contribution < 1.29 is 19.8 Å². The van der Waals surface area contributed by atoms with Gasteiger partial charge >= 0.3 is 5.97 Å². The van der Waals surface area contributed by atoms with Gasteiger partial charge in [-0.25, -0.2) is 4.79 Å². The summed E-state index contributed by atoms with van der Waals surface area (Å²) in [6.07, 6.45) is 2.14. The number of Topliss-reactive ketones (excluding diaryl/α,β-unsaturated/α-hetero) is 1. The quantitative estimate of drug-likeness (QED) is 0.788. The molecule has 1 heterocycles. The van der Waals surface area contributed by atoms with Gasteiger partial charge < -0.3 is 10.2 Å². The van der Waals surface area contributed by atoms with Gasteiger partial charge in [-0.05, 0) is 42.0 Å². The molecule has 0 aromatic heterocycles. The molecular weight excluding hydrogens is 252 g/mol. The van der Waals surface area contributed by atoms with Crippen LogP contribution in [-0.2, 0) is 22.4 Å². The molecule has 2 aliphatic rings. The van der Waals surface area contributed by atoms with Crippen molar-refractivity contribution in [2.75, 3.05) is 0 Å². The number of aliphatic carboxylic acids is 1. The Bertz CT molecular complexity index is 552. The van der Waals surface area contributed by atoms with Crippen LogP contribution in [0.5, 0.6) is 0 Å². The van der Waals surface area contributed by atoms with Crippen LogP contribution in [-0.4, -0.2) is 27.2 Å². The number of aliphatic hydroxyl groups excluding tert-OH is 1. The lowest BCUT2D eigenvalue weighted by Crippen LogP contribution is -2.28. The minimum Gasteiger partial charge on any atom is -0.475 e. The molecule has 0 fully saturated rings. The van der Waals surface area contributed by atoms with Gasteiger partial charge in [-0.15, -0.1) is 11.8 Å². The van der Waals surface area contributed by atoms with Crippen molar-refractivity contribution in [2.24, 2.45) is 0 Å². The van der Waals surface area contributed by atoms with Gasteiger partial charge in [0.2, 0.25) is 0 Å². The maximum absolute atomic E-state index is 11.5. The largest absolute Gasteiger partial charge is 0.475 e. The molecular formula is C13H12O4S. The topological polar surface area (TPSA) is 74.6 Å². The summed E-state index contributed by atoms with van der Waals surface area (Å²) in [6, 6.07) is 3.94. The van der Waals surface area contributed by atoms with Crippen molar-refractivity contribution >= 4 is 23.5 Å². The van der Waals surface area contributed by atoms with E-state index in [2.05, 4.69) is 0 Å². The molecule has 2 unspecified atom stereocenters. The van der Waals surface area contributed by atoms with Crippen molar-refractivity contribution in [3.8, 4) is 0 Å². The first kappa shape index (κ1) is 11.7. The molecule has 18 heavy (non-hydrogen) atoms. The number of carboxylic acids is 1. The summed E-state index contributed by atoms with van der Waals surface area (Å²) in [4.78, 5) is 23.1. The summed E-state index contributed by atoms with van der Waals surface area (Å²) in [5, 5.41) is 17.9. The van der Waals surface area contributed by atoms with Crippen molar-refractivity contribution in [1.29, 1.82) is 0 Å². The van der Waals surface area contributed by atoms with Crippen LogP contribution in [0.4, 0.5) is 0 Å². The number of carbonyl (C=O) groups excluding carboxylic acids is 1. The molecule has 0 saturated carbocycles. The molecule has 4 nitrogen and oxygen atoms in total. The minimum absolute atomic E-state index is 0.709. The second-order valence-electron chi connectivity index (χ2n) is 4.66. The van der Waals surface area contributed by atoms with E-state index in [4.69, 9.17) is 5.11 Å². The summed E-state index contributed by atoms with van der Waals surface area (Å²) in [5.41, 5.74) is 3.19. The number of rotatable bonds is 2. The zero-order valence-electron chi connectivity index (χ0n) is 9.55. The fraction of sp³-hybridized carbons (Fsp3) is 0.385. The summed E-state index contributed by atoms with van der Waals surface area (Å²) < 4.78 is 0. The van der Waals surface area contributed by atoms with Gasteiger partial charge in [-0.3, -0.25) is 4.79 Å². The molecule has 1 aromatic rings. The average molecular weight is 264 g/mol. The van der Waals surface area contributed by atoms with Crippen LogP contribution < -0.4 is 0 Å². The Hall–Kier alpha value is -1.33. The number of aryl methyl sites for hydroxylation is 2. The van der Waals surface area contributed by atoms with Crippen molar-refractivity contribution in [2.45, 2.75) is 35.5 Å². The van der Waals surface area contributed by atoms with Crippen LogP contribution in [0.25, 0.3) is 0 Å². The molecule has 0 bridgehead atoms. The lowest BCUT2D eigenvalue weighted by atomic mass is 10.00. The number of carbonyl (C=O) groups is 2. The Kier molecular flexibility index (Phi) is 2.68. The Balaban J connectivity index is 1.97. The Morgan fingerprint density at radius 3 is 2.56 bits per heavy atom. The van der Waals surface area contributed by atoms with Gasteiger partial charge in [0.15, 0.2) is 0 Å². The molecule has 2 N–H and O–H groups in total. The minimum atomic E-state index is -1.48. The van der Waals surface area contributed by atoms with Gasteiger partial charge in [0.1, 0.15) is 5.25 Å². The van der Waals surface area contributed by atoms with Crippen LogP contribution in [0.3, 0.4) is 0 Å². The molecule has 94 valence electrons. The molecule has 0 radical (unpaired) electrons. The fourth-order valence-electron chi connectivity index (χ4n) is 2.64. The maximum Gasteiger partial charge on any atom is 0.373 e. The normalized spacial score (nSPS) is 24.7. The van der Waals surface area contributed by atoms with Crippen molar-refractivity contribution in [1.82, 2.24) is 0 Å². The smallest absolute Gasteiger partial charge is 0.373 e. The van der Waals surface area contributed by atoms with Gasteiger partial charge in [-0.1, -0.05) is 6.07 Å². The highest BCUT2D eigenvalue weighted by Crippen LogP contribution is 2.46. The van der Waals surface area contributed by atoms with E-state index in [9.17, 15) is 14.7 Å². The molecule has 1 aliphatic heterocycles. The monoisotopic (exact) mass is 264 g/mol. The van der Waals surface area contributed by atoms with E-state index in [-0.39, 0.29) is 0 Å². The van der Waals surface area contributed by atoms with Gasteiger partial charge in [0.25, 0.3) is 5.78 Å². The van der Waals surface area contributed by atoms with Gasteiger partial charge in [0.05, 0.1) is 6.10 Å². The van der Waals surface area contributed by atoms with Crippen LogP contribution in [0, 0.1) is 0 Å². The first-order chi connectivity index (χ1) is 8.58. The summed E-state index contributed by atoms with van der Waals surface area (Å²) in [7, 11) is 0. The number of carboxylic acid groups (broad SMARTS) is 1. The third-order valence-corrected chi connectivity index (χ3v) is 4.89. The average Bonchev–Trinajstić information content (AvgIpc) is 2.90. The Morgan fingerprint density at radius 2 is 1.89 bits per heavy atom. The van der Waals surface area contributed by atoms with Crippen molar-refractivity contribution in [3.63, 3.8) is 0 Å². The maximum atomic E-state index is 11.5. The van der Waals surface area contributed by atoms with Crippen molar-refractivity contribution in [3.05, 3.63) is 28.8 Å². The first-order valence-corrected chi connectivity index (χ1v) is 6.73. The predicted molar refractivity (Wildman–Crippen MR) is 65.7 cm³/mol. The lowest BCUT2D eigenvalue weighted by Gasteiger charge is -2.10. The predicted octanol–water partition coefficient (Wildman–Crippen LogP) is 1.34. The molecule has 1 aliphatic carbocycles. The fourth-order valence-corrected chi connectivity index (χ4v) is 3.92. The van der Waals surface area contributed by atoms with E-state index in [1.807, 2.05) is 12.1 Å². The zero-order valence-corrected chi connectivity index (χ0v) is 10.4. The number of benzene rings is 1. The number of thioether (sulfide) groups is 1. The van der Waals surface area contributed by atoms with E-state index >= 15 is 0 Å². The van der Waals surface area contributed by atoms with Gasteiger partial charge in [-0.2, -0.15) is 0 Å². The summed E-state index contributed by atoms with van der Waals surface area (Å²) in [5.74, 6) is -2.41. The number of aliphatic hydroxyl groups is 1. The Labute approximate surface area is 108 Å². The number of ketones is 1. The second kappa shape index (κ2) is 4.10. The van der Waals surface area contributed by atoms with Crippen LogP contribution in [0.15, 0.2) is 17.0 Å². The number of fused-ring (bicyclic) bond motifs is 2. The van der Waals surface area contributed by atoms with E-state index in [0.717, 1.165) is 24.2 Å². The Morgan fingerprint density at radius 1 is 1.22 bits per heavy atom. The molecule has 3 rings (SSSR count). The van der Waals surface area contributed by atoms with Crippen LogP contribution >= 0.6 is 11.8 Å². The molecule has 2 atom stereocenters. The molecule has 5 heteroatoms.